The summed E-state index contributed by atoms with van der Waals surface area (Å²) in [6.45, 7) is 11.8. The molecule has 4 rings (SSSR count). The molecule has 0 spiro atoms. The van der Waals surface area contributed by atoms with Gasteiger partial charge in [0.15, 0.2) is 6.29 Å². The summed E-state index contributed by atoms with van der Waals surface area (Å²) in [6, 6.07) is 24.6. The molecular formula is C45H64N2O5. The highest BCUT2D eigenvalue weighted by molar-refractivity contribution is 5.70. The molecule has 3 aromatic rings. The van der Waals surface area contributed by atoms with E-state index in [1.807, 2.05) is 30.3 Å². The van der Waals surface area contributed by atoms with Crippen molar-refractivity contribution in [1.82, 2.24) is 10.2 Å². The molecular weight excluding hydrogens is 649 g/mol. The van der Waals surface area contributed by atoms with E-state index in [4.69, 9.17) is 14.2 Å². The van der Waals surface area contributed by atoms with Crippen molar-refractivity contribution < 1.29 is 24.1 Å². The first kappa shape index (κ1) is 41.3. The number of aliphatic hydroxyl groups is 1. The van der Waals surface area contributed by atoms with Gasteiger partial charge in [0.25, 0.3) is 0 Å². The third-order valence-corrected chi connectivity index (χ3v) is 10.00. The first-order valence-electron chi connectivity index (χ1n) is 20.0. The average molecular weight is 713 g/mol. The minimum atomic E-state index is -0.503. The molecule has 1 saturated heterocycles. The fourth-order valence-corrected chi connectivity index (χ4v) is 6.98. The Labute approximate surface area is 313 Å². The summed E-state index contributed by atoms with van der Waals surface area (Å²) in [7, 11) is 0. The second kappa shape index (κ2) is 23.9. The number of nitrogens with one attached hydrogen (secondary N) is 1. The topological polar surface area (TPSA) is 80.3 Å². The van der Waals surface area contributed by atoms with Gasteiger partial charge in [-0.3, -0.25) is 0 Å². The highest BCUT2D eigenvalue weighted by Crippen LogP contribution is 2.39. The molecule has 1 heterocycles. The highest BCUT2D eigenvalue weighted by Gasteiger charge is 2.33. The Balaban J connectivity index is 1.49. The van der Waals surface area contributed by atoms with E-state index in [0.29, 0.717) is 6.54 Å². The molecule has 1 aliphatic rings. The summed E-state index contributed by atoms with van der Waals surface area (Å²) >= 11 is 0. The molecule has 0 saturated carbocycles. The van der Waals surface area contributed by atoms with Gasteiger partial charge in [-0.05, 0) is 53.7 Å². The SMILES string of the molecule is C=CCOC(=O)NCc1ccccc1-c1ccc(C2OC(CN(CCCCCCCC)CCCCCCCC)CC(c3ccc(CO)cc3)O2)cc1. The van der Waals surface area contributed by atoms with Gasteiger partial charge in [-0.2, -0.15) is 0 Å². The van der Waals surface area contributed by atoms with Crippen LogP contribution in [0, 0.1) is 0 Å². The second-order valence-electron chi connectivity index (χ2n) is 14.2. The van der Waals surface area contributed by atoms with Crippen LogP contribution in [0.15, 0.2) is 85.5 Å². The van der Waals surface area contributed by atoms with Crippen LogP contribution in [0.3, 0.4) is 0 Å². The Hall–Kier alpha value is -3.49. The number of rotatable bonds is 24. The minimum Gasteiger partial charge on any atom is -0.445 e. The van der Waals surface area contributed by atoms with Gasteiger partial charge in [0.2, 0.25) is 0 Å². The van der Waals surface area contributed by atoms with Gasteiger partial charge < -0.3 is 29.5 Å². The summed E-state index contributed by atoms with van der Waals surface area (Å²) < 4.78 is 18.6. The van der Waals surface area contributed by atoms with Crippen molar-refractivity contribution >= 4 is 6.09 Å². The molecule has 284 valence electrons. The van der Waals surface area contributed by atoms with Crippen molar-refractivity contribution in [1.29, 1.82) is 0 Å². The normalized spacial score (nSPS) is 17.3. The van der Waals surface area contributed by atoms with Crippen LogP contribution in [0.5, 0.6) is 0 Å². The maximum absolute atomic E-state index is 12.1. The number of benzene rings is 3. The molecule has 0 aliphatic carbocycles. The summed E-state index contributed by atoms with van der Waals surface area (Å²) in [4.78, 5) is 14.7. The minimum absolute atomic E-state index is 0.0220. The van der Waals surface area contributed by atoms with Gasteiger partial charge >= 0.3 is 6.09 Å². The number of carbonyl (C=O) groups is 1. The number of aliphatic hydroxyl groups excluding tert-OH is 1. The van der Waals surface area contributed by atoms with Crippen molar-refractivity contribution in [3.05, 3.63) is 108 Å². The summed E-state index contributed by atoms with van der Waals surface area (Å²) in [5.41, 5.74) is 6.08. The van der Waals surface area contributed by atoms with E-state index < -0.39 is 12.4 Å². The lowest BCUT2D eigenvalue weighted by molar-refractivity contribution is -0.253. The molecule has 1 fully saturated rings. The van der Waals surface area contributed by atoms with Gasteiger partial charge in [-0.1, -0.05) is 164 Å². The van der Waals surface area contributed by atoms with Crippen LogP contribution in [0.2, 0.25) is 0 Å². The number of amides is 1. The molecule has 1 amide bonds. The van der Waals surface area contributed by atoms with Crippen LogP contribution in [-0.2, 0) is 27.4 Å². The first-order valence-corrected chi connectivity index (χ1v) is 20.0. The quantitative estimate of drug-likeness (QED) is 0.0711. The third-order valence-electron chi connectivity index (χ3n) is 10.00. The molecule has 3 atom stereocenters. The Morgan fingerprint density at radius 2 is 1.44 bits per heavy atom. The summed E-state index contributed by atoms with van der Waals surface area (Å²) in [5.74, 6) is 0. The lowest BCUT2D eigenvalue weighted by Gasteiger charge is -2.38. The molecule has 7 nitrogen and oxygen atoms in total. The molecule has 2 N–H and O–H groups in total. The molecule has 0 bridgehead atoms. The van der Waals surface area contributed by atoms with Crippen molar-refractivity contribution in [2.75, 3.05) is 26.2 Å². The molecule has 7 heteroatoms. The summed E-state index contributed by atoms with van der Waals surface area (Å²) in [5, 5.41) is 12.5. The highest BCUT2D eigenvalue weighted by atomic mass is 16.7. The predicted octanol–water partition coefficient (Wildman–Crippen LogP) is 10.8. The van der Waals surface area contributed by atoms with E-state index in [1.54, 1.807) is 6.08 Å². The average Bonchev–Trinajstić information content (AvgIpc) is 3.18. The van der Waals surface area contributed by atoms with E-state index in [9.17, 15) is 9.90 Å². The zero-order valence-electron chi connectivity index (χ0n) is 31.9. The number of nitrogens with zero attached hydrogens (tertiary/aromatic N) is 1. The predicted molar refractivity (Wildman–Crippen MR) is 212 cm³/mol. The lowest BCUT2D eigenvalue weighted by atomic mass is 9.97. The van der Waals surface area contributed by atoms with E-state index in [2.05, 4.69) is 73.1 Å². The van der Waals surface area contributed by atoms with Gasteiger partial charge in [-0.15, -0.1) is 0 Å². The van der Waals surface area contributed by atoms with E-state index in [1.165, 1.54) is 77.0 Å². The Kier molecular flexibility index (Phi) is 19.0. The fraction of sp³-hybridized carbons (Fsp3) is 0.533. The van der Waals surface area contributed by atoms with E-state index >= 15 is 0 Å². The molecule has 1 aliphatic heterocycles. The maximum Gasteiger partial charge on any atom is 0.407 e. The van der Waals surface area contributed by atoms with Crippen LogP contribution in [0.4, 0.5) is 4.79 Å². The Bertz CT molecular complexity index is 1410. The van der Waals surface area contributed by atoms with E-state index in [0.717, 1.165) is 59.4 Å². The van der Waals surface area contributed by atoms with E-state index in [-0.39, 0.29) is 25.4 Å². The van der Waals surface area contributed by atoms with Crippen molar-refractivity contribution in [2.45, 2.75) is 129 Å². The smallest absolute Gasteiger partial charge is 0.407 e. The van der Waals surface area contributed by atoms with Crippen LogP contribution < -0.4 is 5.32 Å². The van der Waals surface area contributed by atoms with Crippen molar-refractivity contribution in [2.24, 2.45) is 0 Å². The monoisotopic (exact) mass is 712 g/mol. The Morgan fingerprint density at radius 1 is 0.827 bits per heavy atom. The van der Waals surface area contributed by atoms with Crippen molar-refractivity contribution in [3.8, 4) is 11.1 Å². The third kappa shape index (κ3) is 14.1. The number of unbranched alkanes of at least 4 members (excludes halogenated alkanes) is 10. The van der Waals surface area contributed by atoms with Crippen LogP contribution in [0.25, 0.3) is 11.1 Å². The number of hydrogen-bond acceptors (Lipinski definition) is 6. The van der Waals surface area contributed by atoms with Gasteiger partial charge in [0.05, 0.1) is 18.8 Å². The maximum atomic E-state index is 12.1. The van der Waals surface area contributed by atoms with Gasteiger partial charge in [0.1, 0.15) is 6.61 Å². The van der Waals surface area contributed by atoms with Gasteiger partial charge in [0, 0.05) is 25.1 Å². The first-order chi connectivity index (χ1) is 25.5. The molecule has 0 radical (unpaired) electrons. The van der Waals surface area contributed by atoms with Crippen molar-refractivity contribution in [3.63, 3.8) is 0 Å². The fourth-order valence-electron chi connectivity index (χ4n) is 6.98. The van der Waals surface area contributed by atoms with Crippen LogP contribution >= 0.6 is 0 Å². The largest absolute Gasteiger partial charge is 0.445 e. The zero-order chi connectivity index (χ0) is 36.8. The molecule has 3 aromatic carbocycles. The second-order valence-corrected chi connectivity index (χ2v) is 14.2. The van der Waals surface area contributed by atoms with Crippen LogP contribution in [0.1, 0.15) is 132 Å². The lowest BCUT2D eigenvalue weighted by Crippen LogP contribution is -2.40. The number of alkyl carbamates (subject to hydrolysis) is 1. The molecule has 0 aromatic heterocycles. The number of ether oxygens (including phenoxy) is 3. The van der Waals surface area contributed by atoms with Crippen LogP contribution in [-0.4, -0.2) is 48.4 Å². The van der Waals surface area contributed by atoms with Gasteiger partial charge in [-0.25, -0.2) is 4.79 Å². The summed E-state index contributed by atoms with van der Waals surface area (Å²) in [6.07, 6.45) is 16.8. The zero-order valence-corrected chi connectivity index (χ0v) is 31.9. The number of hydrogen-bond donors (Lipinski definition) is 2. The number of carbonyl (C=O) groups excluding carboxylic acids is 1. The molecule has 52 heavy (non-hydrogen) atoms. The molecule has 3 unspecified atom stereocenters. The Morgan fingerprint density at radius 3 is 2.08 bits per heavy atom. The standard InChI is InChI=1S/C45H64N2O5/c1-4-7-9-11-13-17-29-47(30-18-14-12-10-8-5-2)34-41-32-43(38-23-21-36(35-48)22-24-38)52-44(51-41)39-27-25-37(26-28-39)42-20-16-15-19-40(42)33-46-45(49)50-31-6-3/h6,15-16,19-28,41,43-44,48H,3-5,7-14,17-18,29-35H2,1-2H3,(H,46,49).